The SMILES string of the molecule is C[C@H]1CCC2(OC1)OC1CC3C4C[C@@H](O[C@@H]5O[C@H](CO)[C@@H](O)[C@H](O)[C@H]5O)[C@H]5C[C@@H](O[C@@H]6O[C@H](CO)[C@H](O)[C@H](O[C@@H]7O[C@H](CO)[C@@H](O)[C@H](O)[C@H]7O)[C@H]6O[C@@H]6O[C@H](CO)[C@@H](O)[C@H](O)[C@H]6O)CC[C@]5(C)C4CC[C@]3(C)C1[C@@H]2C. The van der Waals surface area contributed by atoms with Crippen molar-refractivity contribution in [3.63, 3.8) is 0 Å². The zero-order valence-corrected chi connectivity index (χ0v) is 43.1. The molecule has 432 valence electrons. The summed E-state index contributed by atoms with van der Waals surface area (Å²) in [5.41, 5.74) is -0.510. The largest absolute Gasteiger partial charge is 0.394 e. The van der Waals surface area contributed by atoms with Gasteiger partial charge in [0.25, 0.3) is 0 Å². The quantitative estimate of drug-likeness (QED) is 0.0830. The summed E-state index contributed by atoms with van der Waals surface area (Å²) >= 11 is 0. The first kappa shape index (κ1) is 57.3. The third-order valence-corrected chi connectivity index (χ3v) is 20.4. The predicted octanol–water partition coefficient (Wildman–Crippen LogP) is -3.94. The second-order valence-corrected chi connectivity index (χ2v) is 24.5. The molecule has 14 N–H and O–H groups in total. The topological polar surface area (TPSA) is 376 Å². The normalized spacial score (nSPS) is 58.0. The number of fused-ring (bicyclic) bond motifs is 7. The molecule has 0 bridgehead atoms. The average Bonchev–Trinajstić information content (AvgIpc) is 3.85. The highest BCUT2D eigenvalue weighted by Gasteiger charge is 2.70. The van der Waals surface area contributed by atoms with E-state index in [4.69, 9.17) is 47.4 Å². The molecule has 4 saturated carbocycles. The van der Waals surface area contributed by atoms with Crippen molar-refractivity contribution in [2.24, 2.45) is 52.3 Å². The van der Waals surface area contributed by atoms with Crippen LogP contribution in [0, 0.1) is 52.3 Å². The van der Waals surface area contributed by atoms with Gasteiger partial charge in [0.1, 0.15) is 97.7 Å². The summed E-state index contributed by atoms with van der Waals surface area (Å²) in [6, 6.07) is 0. The van der Waals surface area contributed by atoms with E-state index in [1.54, 1.807) is 0 Å². The molecule has 10 rings (SSSR count). The summed E-state index contributed by atoms with van der Waals surface area (Å²) in [5.74, 6) is 0.527. The molecule has 10 aliphatic rings. The van der Waals surface area contributed by atoms with Gasteiger partial charge >= 0.3 is 0 Å². The molecular formula is C51H84O24. The molecule has 24 heteroatoms. The number of rotatable bonds is 12. The fourth-order valence-electron chi connectivity index (χ4n) is 16.2. The van der Waals surface area contributed by atoms with Crippen LogP contribution in [0.3, 0.4) is 0 Å². The zero-order valence-electron chi connectivity index (χ0n) is 43.1. The Balaban J connectivity index is 0.952. The van der Waals surface area contributed by atoms with Crippen molar-refractivity contribution in [3.05, 3.63) is 0 Å². The number of hydrogen-bond acceptors (Lipinski definition) is 24. The minimum atomic E-state index is -1.97. The van der Waals surface area contributed by atoms with Crippen molar-refractivity contribution in [1.82, 2.24) is 0 Å². The van der Waals surface area contributed by atoms with Gasteiger partial charge in [-0.2, -0.15) is 0 Å². The lowest BCUT2D eigenvalue weighted by Crippen LogP contribution is -2.67. The van der Waals surface area contributed by atoms with E-state index in [2.05, 4.69) is 27.7 Å². The van der Waals surface area contributed by atoms with Crippen LogP contribution in [0.4, 0.5) is 0 Å². The van der Waals surface area contributed by atoms with Crippen LogP contribution in [0.1, 0.15) is 85.5 Å². The van der Waals surface area contributed by atoms with Crippen LogP contribution in [-0.2, 0) is 47.4 Å². The van der Waals surface area contributed by atoms with Crippen molar-refractivity contribution in [2.75, 3.05) is 33.0 Å². The zero-order chi connectivity index (χ0) is 53.8. The Hall–Kier alpha value is -0.960. The molecule has 0 amide bonds. The molecule has 10 fully saturated rings. The van der Waals surface area contributed by atoms with Crippen LogP contribution in [0.25, 0.3) is 0 Å². The minimum Gasteiger partial charge on any atom is -0.394 e. The van der Waals surface area contributed by atoms with Gasteiger partial charge in [0.2, 0.25) is 0 Å². The molecule has 0 aromatic rings. The number of aliphatic hydroxyl groups excluding tert-OH is 14. The third kappa shape index (κ3) is 9.79. The molecule has 4 aliphatic carbocycles. The molecule has 6 saturated heterocycles. The molecule has 33 atom stereocenters. The predicted molar refractivity (Wildman–Crippen MR) is 250 cm³/mol. The van der Waals surface area contributed by atoms with Gasteiger partial charge in [0.05, 0.1) is 51.3 Å². The molecule has 0 aromatic heterocycles. The van der Waals surface area contributed by atoms with Gasteiger partial charge in [-0.25, -0.2) is 0 Å². The van der Waals surface area contributed by atoms with Gasteiger partial charge in [-0.1, -0.05) is 27.7 Å². The van der Waals surface area contributed by atoms with E-state index in [-0.39, 0.29) is 53.4 Å². The van der Waals surface area contributed by atoms with Crippen LogP contribution in [0.15, 0.2) is 0 Å². The Morgan fingerprint density at radius 3 is 1.51 bits per heavy atom. The monoisotopic (exact) mass is 1080 g/mol. The summed E-state index contributed by atoms with van der Waals surface area (Å²) in [6.07, 6.45) is -28.8. The van der Waals surface area contributed by atoms with Crippen molar-refractivity contribution in [3.8, 4) is 0 Å². The van der Waals surface area contributed by atoms with Crippen LogP contribution >= 0.6 is 0 Å². The maximum Gasteiger partial charge on any atom is 0.187 e. The van der Waals surface area contributed by atoms with E-state index in [0.29, 0.717) is 31.8 Å². The Morgan fingerprint density at radius 1 is 0.467 bits per heavy atom. The maximum absolute atomic E-state index is 11.8. The van der Waals surface area contributed by atoms with Crippen molar-refractivity contribution >= 4 is 0 Å². The second kappa shape index (κ2) is 22.1. The summed E-state index contributed by atoms with van der Waals surface area (Å²) < 4.78 is 63.4. The number of ether oxygens (including phenoxy) is 10. The van der Waals surface area contributed by atoms with E-state index < -0.39 is 173 Å². The molecular weight excluding hydrogens is 997 g/mol. The molecule has 0 aromatic carbocycles. The van der Waals surface area contributed by atoms with Gasteiger partial charge in [-0.15, -0.1) is 0 Å². The second-order valence-electron chi connectivity index (χ2n) is 24.5. The highest BCUT2D eigenvalue weighted by molar-refractivity contribution is 5.17. The summed E-state index contributed by atoms with van der Waals surface area (Å²) in [4.78, 5) is 0. The van der Waals surface area contributed by atoms with Gasteiger partial charge in [-0.3, -0.25) is 0 Å². The molecule has 1 spiro atoms. The maximum atomic E-state index is 11.8. The summed E-state index contributed by atoms with van der Waals surface area (Å²) in [5, 5.41) is 150. The smallest absolute Gasteiger partial charge is 0.187 e. The van der Waals surface area contributed by atoms with Crippen LogP contribution in [0.5, 0.6) is 0 Å². The highest BCUT2D eigenvalue weighted by Crippen LogP contribution is 2.72. The fourth-order valence-corrected chi connectivity index (χ4v) is 16.2. The van der Waals surface area contributed by atoms with Crippen molar-refractivity contribution in [1.29, 1.82) is 0 Å². The van der Waals surface area contributed by atoms with Crippen molar-refractivity contribution in [2.45, 2.75) is 232 Å². The van der Waals surface area contributed by atoms with Gasteiger partial charge in [-0.05, 0) is 97.7 Å². The van der Waals surface area contributed by atoms with Crippen LogP contribution < -0.4 is 0 Å². The van der Waals surface area contributed by atoms with Crippen LogP contribution in [-0.4, -0.2) is 251 Å². The van der Waals surface area contributed by atoms with E-state index in [9.17, 15) is 71.5 Å². The van der Waals surface area contributed by atoms with Crippen LogP contribution in [0.2, 0.25) is 0 Å². The van der Waals surface area contributed by atoms with E-state index in [1.807, 2.05) is 0 Å². The van der Waals surface area contributed by atoms with Gasteiger partial charge in [0.15, 0.2) is 30.9 Å². The van der Waals surface area contributed by atoms with Crippen molar-refractivity contribution < 1.29 is 119 Å². The van der Waals surface area contributed by atoms with E-state index >= 15 is 0 Å². The molecule has 24 nitrogen and oxygen atoms in total. The molecule has 0 radical (unpaired) electrons. The lowest BCUT2D eigenvalue weighted by atomic mass is 9.43. The lowest BCUT2D eigenvalue weighted by molar-refractivity contribution is -0.397. The molecule has 75 heavy (non-hydrogen) atoms. The number of hydrogen-bond donors (Lipinski definition) is 14. The Labute approximate surface area is 435 Å². The standard InChI is InChI=1S/C51H84O24/c1-19-5-10-51(66-18-19)20(2)32-27(75-51)13-24-22-12-26(68-45-40(63)37(60)33(56)28(14-52)69-45)25-11-21(6-8-49(25,3)23(22)7-9-50(24,32)4)67-48-44(74-47-42(65)39(62)35(58)30(16-54)71-47)43(36(59)31(17-55)72-48)73-46-41(64)38(61)34(57)29(15-53)70-46/h19-48,52-65H,5-18H2,1-4H3/t19-,20-,21-,22?,23?,24?,25+,26+,27?,28+,29+,30+,31+,32?,33+,34+,35+,36-,37-,38-,39-,40+,41+,42+,43-,44+,45+,46-,47-,48+,49+,50-,51?/m0/s1. The summed E-state index contributed by atoms with van der Waals surface area (Å²) in [6.45, 7) is 6.72. The van der Waals surface area contributed by atoms with E-state index in [0.717, 1.165) is 32.1 Å². The Bertz CT molecular complexity index is 1910. The highest BCUT2D eigenvalue weighted by atomic mass is 16.8. The Kier molecular flexibility index (Phi) is 16.9. The van der Waals surface area contributed by atoms with E-state index in [1.165, 1.54) is 0 Å². The third-order valence-electron chi connectivity index (χ3n) is 20.4. The molecule has 6 heterocycles. The number of aliphatic hydroxyl groups is 14. The Morgan fingerprint density at radius 2 is 0.973 bits per heavy atom. The first-order chi connectivity index (χ1) is 35.6. The fraction of sp³-hybridized carbons (Fsp3) is 1.00. The lowest BCUT2D eigenvalue weighted by Gasteiger charge is -2.63. The molecule has 6 aliphatic heterocycles. The average molecular weight is 1080 g/mol. The minimum absolute atomic E-state index is 0.00468. The molecule has 6 unspecified atom stereocenters. The first-order valence-electron chi connectivity index (χ1n) is 27.4. The van der Waals surface area contributed by atoms with Gasteiger partial charge < -0.3 is 119 Å². The summed E-state index contributed by atoms with van der Waals surface area (Å²) in [7, 11) is 0. The first-order valence-corrected chi connectivity index (χ1v) is 27.4. The van der Waals surface area contributed by atoms with Gasteiger partial charge in [0, 0.05) is 12.3 Å².